The van der Waals surface area contributed by atoms with Gasteiger partial charge in [0, 0.05) is 6.42 Å². The number of fused-ring (bicyclic) bond motifs is 1. The van der Waals surface area contributed by atoms with E-state index < -0.39 is 0 Å². The first-order chi connectivity index (χ1) is 13.4. The Morgan fingerprint density at radius 2 is 1.79 bits per heavy atom. The molecule has 5 heteroatoms. The van der Waals surface area contributed by atoms with Crippen LogP contribution in [0.3, 0.4) is 0 Å². The van der Waals surface area contributed by atoms with Crippen LogP contribution in [0.15, 0.2) is 36.4 Å². The van der Waals surface area contributed by atoms with Crippen molar-refractivity contribution in [2.75, 3.05) is 19.8 Å². The molecule has 0 spiro atoms. The molecule has 1 amide bonds. The van der Waals surface area contributed by atoms with Crippen LogP contribution in [0.1, 0.15) is 43.0 Å². The van der Waals surface area contributed by atoms with Crippen LogP contribution >= 0.6 is 0 Å². The van der Waals surface area contributed by atoms with Crippen LogP contribution < -0.4 is 19.5 Å². The average Bonchev–Trinajstić information content (AvgIpc) is 2.91. The van der Waals surface area contributed by atoms with Crippen LogP contribution in [0.5, 0.6) is 17.2 Å². The number of hydrogen-bond donors (Lipinski definition) is 1. The van der Waals surface area contributed by atoms with Crippen molar-refractivity contribution in [3.8, 4) is 17.2 Å². The molecule has 0 aliphatic carbocycles. The lowest BCUT2D eigenvalue weighted by Crippen LogP contribution is -2.35. The quantitative estimate of drug-likeness (QED) is 0.805. The molecule has 0 fully saturated rings. The predicted octanol–water partition coefficient (Wildman–Crippen LogP) is 4.36. The Labute approximate surface area is 167 Å². The van der Waals surface area contributed by atoms with Gasteiger partial charge in [-0.05, 0) is 60.7 Å². The molecule has 0 unspecified atom stereocenters. The summed E-state index contributed by atoms with van der Waals surface area (Å²) in [6.07, 6.45) is 0.865. The van der Waals surface area contributed by atoms with Gasteiger partial charge in [-0.2, -0.15) is 0 Å². The molecule has 2 aromatic carbocycles. The maximum atomic E-state index is 12.5. The van der Waals surface area contributed by atoms with Crippen LogP contribution in [-0.2, 0) is 4.79 Å². The first-order valence-corrected chi connectivity index (χ1v) is 9.83. The van der Waals surface area contributed by atoms with E-state index in [2.05, 4.69) is 19.2 Å². The van der Waals surface area contributed by atoms with Gasteiger partial charge in [-0.3, -0.25) is 4.79 Å². The maximum Gasteiger partial charge on any atom is 0.258 e. The molecular formula is C23H29NO4. The molecule has 0 bridgehead atoms. The van der Waals surface area contributed by atoms with E-state index >= 15 is 0 Å². The summed E-state index contributed by atoms with van der Waals surface area (Å²) < 4.78 is 17.2. The minimum absolute atomic E-state index is 0.0176. The number of ether oxygens (including phenoxy) is 3. The van der Waals surface area contributed by atoms with E-state index in [1.54, 1.807) is 0 Å². The van der Waals surface area contributed by atoms with E-state index in [1.165, 1.54) is 5.56 Å². The highest BCUT2D eigenvalue weighted by Gasteiger charge is 2.21. The number of aryl methyl sites for hydroxylation is 2. The minimum Gasteiger partial charge on any atom is -0.490 e. The number of amides is 1. The van der Waals surface area contributed by atoms with Crippen LogP contribution in [0.25, 0.3) is 0 Å². The zero-order valence-electron chi connectivity index (χ0n) is 17.1. The molecule has 5 nitrogen and oxygen atoms in total. The predicted molar refractivity (Wildman–Crippen MR) is 109 cm³/mol. The molecule has 1 aliphatic rings. The molecule has 0 aromatic heterocycles. The van der Waals surface area contributed by atoms with Crippen LogP contribution in [0.4, 0.5) is 0 Å². The average molecular weight is 383 g/mol. The van der Waals surface area contributed by atoms with Crippen molar-refractivity contribution in [3.63, 3.8) is 0 Å². The van der Waals surface area contributed by atoms with Gasteiger partial charge in [0.15, 0.2) is 18.1 Å². The molecule has 1 atom stereocenters. The van der Waals surface area contributed by atoms with Gasteiger partial charge in [0.1, 0.15) is 5.75 Å². The second kappa shape index (κ2) is 9.00. The van der Waals surface area contributed by atoms with E-state index in [0.29, 0.717) is 19.0 Å². The van der Waals surface area contributed by atoms with Crippen molar-refractivity contribution in [1.29, 1.82) is 0 Å². The van der Waals surface area contributed by atoms with Gasteiger partial charge in [-0.15, -0.1) is 0 Å². The van der Waals surface area contributed by atoms with Crippen molar-refractivity contribution in [3.05, 3.63) is 53.1 Å². The molecule has 2 aromatic rings. The second-order valence-electron chi connectivity index (χ2n) is 7.58. The van der Waals surface area contributed by atoms with E-state index in [0.717, 1.165) is 29.0 Å². The Hall–Kier alpha value is -2.69. The number of benzene rings is 2. The molecule has 1 aliphatic heterocycles. The fourth-order valence-electron chi connectivity index (χ4n) is 3.18. The van der Waals surface area contributed by atoms with Crippen LogP contribution in [-0.4, -0.2) is 25.7 Å². The molecule has 1 heterocycles. The molecule has 0 radical (unpaired) electrons. The van der Waals surface area contributed by atoms with Crippen molar-refractivity contribution in [1.82, 2.24) is 5.32 Å². The first kappa shape index (κ1) is 20.1. The number of nitrogens with one attached hydrogen (secondary N) is 1. The summed E-state index contributed by atoms with van der Waals surface area (Å²) in [7, 11) is 0. The third kappa shape index (κ3) is 4.97. The summed E-state index contributed by atoms with van der Waals surface area (Å²) >= 11 is 0. The Balaban J connectivity index is 1.66. The van der Waals surface area contributed by atoms with Crippen LogP contribution in [0, 0.1) is 19.8 Å². The summed E-state index contributed by atoms with van der Waals surface area (Å²) in [6.45, 7) is 9.52. The lowest BCUT2D eigenvalue weighted by Gasteiger charge is -2.24. The van der Waals surface area contributed by atoms with Gasteiger partial charge in [-0.25, -0.2) is 0 Å². The molecule has 0 saturated heterocycles. The van der Waals surface area contributed by atoms with Crippen molar-refractivity contribution < 1.29 is 19.0 Å². The lowest BCUT2D eigenvalue weighted by atomic mass is 9.95. The summed E-state index contributed by atoms with van der Waals surface area (Å²) in [4.78, 5) is 12.5. The van der Waals surface area contributed by atoms with Gasteiger partial charge < -0.3 is 19.5 Å². The highest BCUT2D eigenvalue weighted by atomic mass is 16.5. The Morgan fingerprint density at radius 3 is 2.50 bits per heavy atom. The highest BCUT2D eigenvalue weighted by Crippen LogP contribution is 2.34. The summed E-state index contributed by atoms with van der Waals surface area (Å²) in [5.41, 5.74) is 3.34. The molecule has 1 N–H and O–H groups in total. The number of rotatable bonds is 6. The Bertz CT molecular complexity index is 831. The number of carbonyl (C=O) groups excluding carboxylic acids is 1. The van der Waals surface area contributed by atoms with Gasteiger partial charge in [0.25, 0.3) is 5.91 Å². The van der Waals surface area contributed by atoms with Gasteiger partial charge in [0.05, 0.1) is 19.3 Å². The highest BCUT2D eigenvalue weighted by molar-refractivity contribution is 5.78. The van der Waals surface area contributed by atoms with Crippen molar-refractivity contribution in [2.45, 2.75) is 40.2 Å². The SMILES string of the molecule is Cc1ccc(OCC(=O)N[C@@H](c2ccc3c(c2)OCCCO3)C(C)C)cc1C. The smallest absolute Gasteiger partial charge is 0.258 e. The monoisotopic (exact) mass is 383 g/mol. The largest absolute Gasteiger partial charge is 0.490 e. The van der Waals surface area contributed by atoms with E-state index in [1.807, 2.05) is 50.2 Å². The second-order valence-corrected chi connectivity index (χ2v) is 7.58. The zero-order chi connectivity index (χ0) is 20.1. The summed E-state index contributed by atoms with van der Waals surface area (Å²) in [5.74, 6) is 2.27. The first-order valence-electron chi connectivity index (χ1n) is 9.83. The van der Waals surface area contributed by atoms with Crippen molar-refractivity contribution in [2.24, 2.45) is 5.92 Å². The number of carbonyl (C=O) groups is 1. The molecular weight excluding hydrogens is 354 g/mol. The van der Waals surface area contributed by atoms with Gasteiger partial charge in [-0.1, -0.05) is 26.0 Å². The lowest BCUT2D eigenvalue weighted by molar-refractivity contribution is -0.124. The fourth-order valence-corrected chi connectivity index (χ4v) is 3.18. The van der Waals surface area contributed by atoms with Crippen molar-refractivity contribution >= 4 is 5.91 Å². The normalized spacial score (nSPS) is 14.3. The van der Waals surface area contributed by atoms with Gasteiger partial charge in [0.2, 0.25) is 0 Å². The van der Waals surface area contributed by atoms with E-state index in [9.17, 15) is 4.79 Å². The molecule has 28 heavy (non-hydrogen) atoms. The Morgan fingerprint density at radius 1 is 1.04 bits per heavy atom. The minimum atomic E-state index is -0.149. The van der Waals surface area contributed by atoms with Crippen LogP contribution in [0.2, 0.25) is 0 Å². The topological polar surface area (TPSA) is 56.8 Å². The zero-order valence-corrected chi connectivity index (χ0v) is 17.1. The fraction of sp³-hybridized carbons (Fsp3) is 0.435. The van der Waals surface area contributed by atoms with E-state index in [4.69, 9.17) is 14.2 Å². The number of hydrogen-bond acceptors (Lipinski definition) is 4. The van der Waals surface area contributed by atoms with E-state index in [-0.39, 0.29) is 24.5 Å². The Kier molecular flexibility index (Phi) is 6.45. The third-order valence-electron chi connectivity index (χ3n) is 4.96. The maximum absolute atomic E-state index is 12.5. The molecule has 0 saturated carbocycles. The third-order valence-corrected chi connectivity index (χ3v) is 4.96. The summed E-state index contributed by atoms with van der Waals surface area (Å²) in [6, 6.07) is 11.6. The standard InChI is InChI=1S/C23H29NO4/c1-15(2)23(18-7-9-20-21(13-18)27-11-5-10-26-20)24-22(25)14-28-19-8-6-16(3)17(4)12-19/h6-9,12-13,15,23H,5,10-11,14H2,1-4H3,(H,24,25)/t23-/m1/s1. The molecule has 150 valence electrons. The summed E-state index contributed by atoms with van der Waals surface area (Å²) in [5, 5.41) is 3.09. The molecule has 3 rings (SSSR count). The van der Waals surface area contributed by atoms with Gasteiger partial charge >= 0.3 is 0 Å².